The molecule has 0 bridgehead atoms. The van der Waals surface area contributed by atoms with Crippen molar-refractivity contribution in [2.24, 2.45) is 0 Å². The second-order valence-electron chi connectivity index (χ2n) is 6.94. The van der Waals surface area contributed by atoms with E-state index in [-0.39, 0.29) is 12.1 Å². The number of fused-ring (bicyclic) bond motifs is 1. The number of benzene rings is 1. The minimum absolute atomic E-state index is 0.0592. The number of aryl methyl sites for hydroxylation is 3. The van der Waals surface area contributed by atoms with Crippen LogP contribution in [0.1, 0.15) is 46.8 Å². The predicted octanol–water partition coefficient (Wildman–Crippen LogP) is 3.63. The van der Waals surface area contributed by atoms with Crippen LogP contribution in [-0.2, 0) is 12.8 Å². The van der Waals surface area contributed by atoms with Crippen molar-refractivity contribution in [2.75, 3.05) is 13.7 Å². The van der Waals surface area contributed by atoms with E-state index in [2.05, 4.69) is 40.7 Å². The maximum atomic E-state index is 12.3. The highest BCUT2D eigenvalue weighted by Gasteiger charge is 2.22. The predicted molar refractivity (Wildman–Crippen MR) is 103 cm³/mol. The molecule has 0 saturated carbocycles. The zero-order valence-electron chi connectivity index (χ0n) is 15.8. The average Bonchev–Trinajstić information content (AvgIpc) is 2.63. The molecule has 5 heteroatoms. The lowest BCUT2D eigenvalue weighted by Gasteiger charge is -2.27. The third kappa shape index (κ3) is 4.34. The van der Waals surface area contributed by atoms with E-state index in [1.54, 1.807) is 7.11 Å². The largest absolute Gasteiger partial charge is 0.497 e. The zero-order chi connectivity index (χ0) is 18.5. The Bertz CT molecular complexity index is 789. The molecule has 1 heterocycles. The van der Waals surface area contributed by atoms with Crippen molar-refractivity contribution in [3.63, 3.8) is 0 Å². The number of ether oxygens (including phenoxy) is 1. The molecular formula is C21H27N3O2. The fourth-order valence-corrected chi connectivity index (χ4v) is 3.58. The Morgan fingerprint density at radius 3 is 2.92 bits per heavy atom. The molecule has 1 aromatic heterocycles. The number of carbonyl (C=O) groups is 1. The van der Waals surface area contributed by atoms with Crippen molar-refractivity contribution in [2.45, 2.75) is 45.6 Å². The average molecular weight is 353 g/mol. The number of carbonyl (C=O) groups excluding carboxylic acids is 1. The highest BCUT2D eigenvalue weighted by Crippen LogP contribution is 2.32. The molecule has 1 aromatic carbocycles. The van der Waals surface area contributed by atoms with Crippen LogP contribution in [0.25, 0.3) is 0 Å². The summed E-state index contributed by atoms with van der Waals surface area (Å²) in [6, 6.07) is 8.16. The number of urea groups is 1. The first-order valence-electron chi connectivity index (χ1n) is 9.20. The van der Waals surface area contributed by atoms with Gasteiger partial charge in [0.1, 0.15) is 5.75 Å². The molecule has 2 aromatic rings. The van der Waals surface area contributed by atoms with Crippen LogP contribution < -0.4 is 15.4 Å². The van der Waals surface area contributed by atoms with Gasteiger partial charge in [0.15, 0.2) is 0 Å². The van der Waals surface area contributed by atoms with Crippen LogP contribution in [0, 0.1) is 13.8 Å². The summed E-state index contributed by atoms with van der Waals surface area (Å²) in [6.07, 6.45) is 5.67. The molecule has 0 radical (unpaired) electrons. The first-order valence-corrected chi connectivity index (χ1v) is 9.20. The quantitative estimate of drug-likeness (QED) is 0.863. The van der Waals surface area contributed by atoms with Gasteiger partial charge in [-0.3, -0.25) is 4.98 Å². The van der Waals surface area contributed by atoms with E-state index in [1.807, 2.05) is 19.2 Å². The van der Waals surface area contributed by atoms with E-state index >= 15 is 0 Å². The van der Waals surface area contributed by atoms with E-state index in [9.17, 15) is 4.79 Å². The summed E-state index contributed by atoms with van der Waals surface area (Å²) in [6.45, 7) is 4.67. The first kappa shape index (κ1) is 18.2. The minimum atomic E-state index is -0.122. The Morgan fingerprint density at radius 1 is 1.31 bits per heavy atom. The van der Waals surface area contributed by atoms with Gasteiger partial charge < -0.3 is 15.4 Å². The molecule has 0 spiro atoms. The normalized spacial score (nSPS) is 15.9. The Kier molecular flexibility index (Phi) is 5.76. The van der Waals surface area contributed by atoms with Crippen molar-refractivity contribution in [1.29, 1.82) is 0 Å². The summed E-state index contributed by atoms with van der Waals surface area (Å²) in [7, 11) is 1.68. The number of rotatable bonds is 5. The molecule has 1 aliphatic carbocycles. The molecule has 1 atom stereocenters. The number of nitrogens with zero attached hydrogens (tertiary/aromatic N) is 1. The fraction of sp³-hybridized carbons (Fsp3) is 0.429. The molecule has 2 amide bonds. The van der Waals surface area contributed by atoms with Gasteiger partial charge in [-0.05, 0) is 67.5 Å². The van der Waals surface area contributed by atoms with Crippen molar-refractivity contribution >= 4 is 6.03 Å². The van der Waals surface area contributed by atoms with Crippen LogP contribution in [-0.4, -0.2) is 24.7 Å². The van der Waals surface area contributed by atoms with Gasteiger partial charge in [0, 0.05) is 24.9 Å². The van der Waals surface area contributed by atoms with Gasteiger partial charge in [0.25, 0.3) is 0 Å². The maximum absolute atomic E-state index is 12.3. The molecule has 138 valence electrons. The van der Waals surface area contributed by atoms with Crippen LogP contribution in [0.2, 0.25) is 0 Å². The van der Waals surface area contributed by atoms with Crippen LogP contribution in [0.15, 0.2) is 30.5 Å². The SMILES string of the molecule is COc1ccc2c(c1)CCCC2NC(=O)NCCc1ncc(C)cc1C. The number of amides is 2. The van der Waals surface area contributed by atoms with Crippen molar-refractivity contribution in [3.05, 3.63) is 58.4 Å². The summed E-state index contributed by atoms with van der Waals surface area (Å²) < 4.78 is 5.30. The summed E-state index contributed by atoms with van der Waals surface area (Å²) in [5.41, 5.74) is 5.82. The van der Waals surface area contributed by atoms with Crippen molar-refractivity contribution in [1.82, 2.24) is 15.6 Å². The van der Waals surface area contributed by atoms with E-state index < -0.39 is 0 Å². The molecule has 3 rings (SSSR count). The molecule has 2 N–H and O–H groups in total. The highest BCUT2D eigenvalue weighted by molar-refractivity contribution is 5.74. The number of aromatic nitrogens is 1. The fourth-order valence-electron chi connectivity index (χ4n) is 3.58. The molecule has 5 nitrogen and oxygen atoms in total. The van der Waals surface area contributed by atoms with Crippen LogP contribution in [0.4, 0.5) is 4.79 Å². The highest BCUT2D eigenvalue weighted by atomic mass is 16.5. The molecule has 0 aliphatic heterocycles. The Hall–Kier alpha value is -2.56. The number of hydrogen-bond donors (Lipinski definition) is 2. The van der Waals surface area contributed by atoms with Crippen molar-refractivity contribution in [3.8, 4) is 5.75 Å². The smallest absolute Gasteiger partial charge is 0.315 e. The Balaban J connectivity index is 1.54. The summed E-state index contributed by atoms with van der Waals surface area (Å²) in [5.74, 6) is 0.870. The number of pyridine rings is 1. The van der Waals surface area contributed by atoms with E-state index in [4.69, 9.17) is 4.74 Å². The second-order valence-corrected chi connectivity index (χ2v) is 6.94. The summed E-state index contributed by atoms with van der Waals surface area (Å²) in [4.78, 5) is 16.8. The number of nitrogens with one attached hydrogen (secondary N) is 2. The summed E-state index contributed by atoms with van der Waals surface area (Å²) in [5, 5.41) is 6.07. The first-order chi connectivity index (χ1) is 12.6. The van der Waals surface area contributed by atoms with Gasteiger partial charge in [-0.15, -0.1) is 0 Å². The zero-order valence-corrected chi connectivity index (χ0v) is 15.8. The van der Waals surface area contributed by atoms with Crippen LogP contribution in [0.5, 0.6) is 5.75 Å². The number of hydrogen-bond acceptors (Lipinski definition) is 3. The topological polar surface area (TPSA) is 63.2 Å². The molecule has 0 fully saturated rings. The van der Waals surface area contributed by atoms with Gasteiger partial charge in [-0.25, -0.2) is 4.79 Å². The second kappa shape index (κ2) is 8.21. The number of methoxy groups -OCH3 is 1. The maximum Gasteiger partial charge on any atom is 0.315 e. The monoisotopic (exact) mass is 353 g/mol. The minimum Gasteiger partial charge on any atom is -0.497 e. The van der Waals surface area contributed by atoms with Crippen LogP contribution in [0.3, 0.4) is 0 Å². The molecule has 1 aliphatic rings. The standard InChI is InChI=1S/C21H27N3O2/c1-14-11-15(2)19(23-13-14)9-10-22-21(25)24-20-6-4-5-16-12-17(26-3)7-8-18(16)20/h7-8,11-13,20H,4-6,9-10H2,1-3H3,(H2,22,24,25). The lowest BCUT2D eigenvalue weighted by molar-refractivity contribution is 0.235. The van der Waals surface area contributed by atoms with Crippen LogP contribution >= 0.6 is 0 Å². The Labute approximate surface area is 155 Å². The lowest BCUT2D eigenvalue weighted by atomic mass is 9.87. The van der Waals surface area contributed by atoms with Gasteiger partial charge >= 0.3 is 6.03 Å². The van der Waals surface area contributed by atoms with Gasteiger partial charge in [-0.1, -0.05) is 12.1 Å². The van der Waals surface area contributed by atoms with E-state index in [0.29, 0.717) is 6.54 Å². The third-order valence-corrected chi connectivity index (χ3v) is 4.94. The van der Waals surface area contributed by atoms with Gasteiger partial charge in [-0.2, -0.15) is 0 Å². The molecule has 26 heavy (non-hydrogen) atoms. The lowest BCUT2D eigenvalue weighted by Crippen LogP contribution is -2.40. The third-order valence-electron chi connectivity index (χ3n) is 4.94. The van der Waals surface area contributed by atoms with E-state index in [0.717, 1.165) is 42.7 Å². The molecule has 0 saturated heterocycles. The Morgan fingerprint density at radius 2 is 2.15 bits per heavy atom. The van der Waals surface area contributed by atoms with Gasteiger partial charge in [0.05, 0.1) is 13.2 Å². The van der Waals surface area contributed by atoms with Crippen molar-refractivity contribution < 1.29 is 9.53 Å². The molecule has 1 unspecified atom stereocenters. The molecular weight excluding hydrogens is 326 g/mol. The summed E-state index contributed by atoms with van der Waals surface area (Å²) >= 11 is 0. The van der Waals surface area contributed by atoms with E-state index in [1.165, 1.54) is 16.7 Å². The van der Waals surface area contributed by atoms with Gasteiger partial charge in [0.2, 0.25) is 0 Å².